The Morgan fingerprint density at radius 3 is 2.65 bits per heavy atom. The van der Waals surface area contributed by atoms with E-state index in [1.165, 1.54) is 4.90 Å². The van der Waals surface area contributed by atoms with Gasteiger partial charge in [0.25, 0.3) is 5.91 Å². The summed E-state index contributed by atoms with van der Waals surface area (Å²) in [6, 6.07) is 14.5. The number of nitrogens with zero attached hydrogens (tertiary/aromatic N) is 3. The molecule has 2 aromatic rings. The van der Waals surface area contributed by atoms with Crippen LogP contribution in [0.1, 0.15) is 24.1 Å². The fourth-order valence-corrected chi connectivity index (χ4v) is 4.14. The van der Waals surface area contributed by atoms with E-state index >= 15 is 0 Å². The van der Waals surface area contributed by atoms with Crippen LogP contribution in [0, 0.1) is 11.3 Å². The number of carbonyl (C=O) groups excluding carboxylic acids is 1. The summed E-state index contributed by atoms with van der Waals surface area (Å²) in [6.07, 6.45) is 0. The number of rotatable bonds is 3. The molecule has 0 radical (unpaired) electrons. The molecule has 0 aromatic heterocycles. The lowest BCUT2D eigenvalue weighted by molar-refractivity contribution is -0.125. The zero-order valence-electron chi connectivity index (χ0n) is 17.5. The van der Waals surface area contributed by atoms with Crippen LogP contribution >= 0.6 is 12.2 Å². The summed E-state index contributed by atoms with van der Waals surface area (Å²) in [5.41, 5.74) is 3.36. The molecule has 4 rings (SSSR count). The van der Waals surface area contributed by atoms with Crippen molar-refractivity contribution in [1.82, 2.24) is 10.2 Å². The second-order valence-electron chi connectivity index (χ2n) is 7.48. The Morgan fingerprint density at radius 1 is 1.19 bits per heavy atom. The van der Waals surface area contributed by atoms with Crippen molar-refractivity contribution in [3.63, 3.8) is 0 Å². The van der Waals surface area contributed by atoms with Crippen molar-refractivity contribution >= 4 is 28.9 Å². The minimum Gasteiger partial charge on any atom is -0.486 e. The molecule has 2 aliphatic rings. The number of amides is 1. The predicted octanol–water partition coefficient (Wildman–Crippen LogP) is 3.13. The molecule has 158 valence electrons. The van der Waals surface area contributed by atoms with Crippen molar-refractivity contribution < 1.29 is 14.3 Å². The highest BCUT2D eigenvalue weighted by Gasteiger charge is 2.35. The highest BCUT2D eigenvalue weighted by Crippen LogP contribution is 2.39. The van der Waals surface area contributed by atoms with Gasteiger partial charge >= 0.3 is 0 Å². The van der Waals surface area contributed by atoms with Crippen LogP contribution < -0.4 is 19.7 Å². The van der Waals surface area contributed by atoms with Gasteiger partial charge < -0.3 is 19.7 Å². The van der Waals surface area contributed by atoms with E-state index in [1.54, 1.807) is 32.3 Å². The van der Waals surface area contributed by atoms with Crippen molar-refractivity contribution in [3.8, 4) is 17.6 Å². The number of nitriles is 1. The van der Waals surface area contributed by atoms with Gasteiger partial charge in [0.15, 0.2) is 16.6 Å². The smallest absolute Gasteiger partial charge is 0.253 e. The average molecular weight is 435 g/mol. The number of thiocarbonyl (C=S) groups is 1. The van der Waals surface area contributed by atoms with Crippen LogP contribution in [-0.4, -0.2) is 43.2 Å². The fraction of sp³-hybridized carbons (Fsp3) is 0.261. The topological polar surface area (TPSA) is 77.8 Å². The maximum atomic E-state index is 13.2. The monoisotopic (exact) mass is 434 g/mol. The third-order valence-electron chi connectivity index (χ3n) is 5.25. The fourth-order valence-electron chi connectivity index (χ4n) is 3.78. The van der Waals surface area contributed by atoms with Gasteiger partial charge in [-0.05, 0) is 49.0 Å². The summed E-state index contributed by atoms with van der Waals surface area (Å²) < 4.78 is 11.3. The van der Waals surface area contributed by atoms with Gasteiger partial charge in [-0.3, -0.25) is 9.69 Å². The minimum absolute atomic E-state index is 0.137. The van der Waals surface area contributed by atoms with Crippen LogP contribution in [0.15, 0.2) is 53.7 Å². The minimum atomic E-state index is -0.468. The van der Waals surface area contributed by atoms with Crippen LogP contribution in [0.5, 0.6) is 11.5 Å². The van der Waals surface area contributed by atoms with E-state index < -0.39 is 6.04 Å². The lowest BCUT2D eigenvalue weighted by Gasteiger charge is -2.38. The molecule has 7 nitrogen and oxygen atoms in total. The molecule has 1 N–H and O–H groups in total. The SMILES string of the molecule is CC1=C(C(=O)N(C)C)C(c2cccc(C#N)c2)NC(=S)N1c1ccc2c(c1)OCCO2. The first-order valence-corrected chi connectivity index (χ1v) is 10.2. The predicted molar refractivity (Wildman–Crippen MR) is 121 cm³/mol. The van der Waals surface area contributed by atoms with Crippen molar-refractivity contribution in [2.45, 2.75) is 13.0 Å². The van der Waals surface area contributed by atoms with Crippen LogP contribution in [0.4, 0.5) is 5.69 Å². The van der Waals surface area contributed by atoms with E-state index in [-0.39, 0.29) is 5.91 Å². The zero-order chi connectivity index (χ0) is 22.1. The van der Waals surface area contributed by atoms with Crippen LogP contribution in [-0.2, 0) is 4.79 Å². The highest BCUT2D eigenvalue weighted by atomic mass is 32.1. The number of benzene rings is 2. The molecule has 2 heterocycles. The van der Waals surface area contributed by atoms with Gasteiger partial charge in [0.2, 0.25) is 0 Å². The van der Waals surface area contributed by atoms with E-state index in [0.717, 1.165) is 11.3 Å². The Hall–Kier alpha value is -3.57. The number of nitrogens with one attached hydrogen (secondary N) is 1. The van der Waals surface area contributed by atoms with E-state index in [1.807, 2.05) is 36.1 Å². The first kappa shape index (κ1) is 20.7. The molecule has 0 fully saturated rings. The molecular weight excluding hydrogens is 412 g/mol. The van der Waals surface area contributed by atoms with E-state index in [0.29, 0.717) is 46.7 Å². The van der Waals surface area contributed by atoms with Gasteiger partial charge in [-0.25, -0.2) is 0 Å². The zero-order valence-corrected chi connectivity index (χ0v) is 18.3. The molecule has 0 aliphatic carbocycles. The Bertz CT molecular complexity index is 1140. The maximum absolute atomic E-state index is 13.2. The summed E-state index contributed by atoms with van der Waals surface area (Å²) in [5, 5.41) is 13.1. The number of allylic oxidation sites excluding steroid dienone is 1. The van der Waals surface area contributed by atoms with Gasteiger partial charge in [0, 0.05) is 25.9 Å². The summed E-state index contributed by atoms with van der Waals surface area (Å²) in [6.45, 7) is 2.87. The largest absolute Gasteiger partial charge is 0.486 e. The first-order valence-electron chi connectivity index (χ1n) is 9.83. The third-order valence-corrected chi connectivity index (χ3v) is 5.55. The Kier molecular flexibility index (Phi) is 5.53. The molecule has 0 bridgehead atoms. The molecule has 2 aromatic carbocycles. The standard InChI is InChI=1S/C23H22N4O3S/c1-14-20(22(28)26(2)3)21(16-6-4-5-15(11-16)13-24)25-23(31)27(14)17-7-8-18-19(12-17)30-10-9-29-18/h4-8,11-12,21H,9-10H2,1-3H3,(H,25,31). The molecule has 0 spiro atoms. The van der Waals surface area contributed by atoms with Crippen molar-refractivity contribution in [2.75, 3.05) is 32.2 Å². The number of likely N-dealkylation sites (N-methyl/N-ethyl adjacent to an activating group) is 1. The molecule has 2 aliphatic heterocycles. The summed E-state index contributed by atoms with van der Waals surface area (Å²) >= 11 is 5.70. The van der Waals surface area contributed by atoms with Crippen LogP contribution in [0.3, 0.4) is 0 Å². The lowest BCUT2D eigenvalue weighted by atomic mass is 9.93. The molecule has 31 heavy (non-hydrogen) atoms. The number of hydrogen-bond acceptors (Lipinski definition) is 5. The van der Waals surface area contributed by atoms with E-state index in [9.17, 15) is 10.1 Å². The second kappa shape index (κ2) is 8.28. The van der Waals surface area contributed by atoms with Crippen molar-refractivity contribution in [1.29, 1.82) is 5.26 Å². The van der Waals surface area contributed by atoms with E-state index in [2.05, 4.69) is 11.4 Å². The molecule has 1 unspecified atom stereocenters. The van der Waals surface area contributed by atoms with Gasteiger partial charge in [-0.1, -0.05) is 12.1 Å². The van der Waals surface area contributed by atoms with Gasteiger partial charge in [0.1, 0.15) is 13.2 Å². The van der Waals surface area contributed by atoms with E-state index in [4.69, 9.17) is 21.7 Å². The van der Waals surface area contributed by atoms with Crippen molar-refractivity contribution in [2.24, 2.45) is 0 Å². The summed E-state index contributed by atoms with van der Waals surface area (Å²) in [4.78, 5) is 16.6. The number of carbonyl (C=O) groups is 1. The quantitative estimate of drug-likeness (QED) is 0.744. The second-order valence-corrected chi connectivity index (χ2v) is 7.87. The maximum Gasteiger partial charge on any atom is 0.253 e. The molecule has 1 amide bonds. The lowest BCUT2D eigenvalue weighted by Crippen LogP contribution is -2.49. The number of ether oxygens (including phenoxy) is 2. The van der Waals surface area contributed by atoms with Gasteiger partial charge in [-0.2, -0.15) is 5.26 Å². The van der Waals surface area contributed by atoms with Crippen LogP contribution in [0.2, 0.25) is 0 Å². The number of hydrogen-bond donors (Lipinski definition) is 1. The Morgan fingerprint density at radius 2 is 1.94 bits per heavy atom. The molecule has 0 saturated carbocycles. The molecular formula is C23H22N4O3S. The van der Waals surface area contributed by atoms with Gasteiger partial charge in [-0.15, -0.1) is 0 Å². The Labute approximate surface area is 186 Å². The Balaban J connectivity index is 1.83. The molecule has 8 heteroatoms. The highest BCUT2D eigenvalue weighted by molar-refractivity contribution is 7.80. The first-order chi connectivity index (χ1) is 14.9. The number of anilines is 1. The summed E-state index contributed by atoms with van der Waals surface area (Å²) in [5.74, 6) is 1.19. The van der Waals surface area contributed by atoms with Crippen LogP contribution in [0.25, 0.3) is 0 Å². The normalized spacial score (nSPS) is 17.7. The summed E-state index contributed by atoms with van der Waals surface area (Å²) in [7, 11) is 3.43. The average Bonchev–Trinajstić information content (AvgIpc) is 2.78. The molecule has 1 atom stereocenters. The molecule has 0 saturated heterocycles. The van der Waals surface area contributed by atoms with Crippen molar-refractivity contribution in [3.05, 3.63) is 64.9 Å². The number of fused-ring (bicyclic) bond motifs is 1. The third kappa shape index (κ3) is 3.80. The van der Waals surface area contributed by atoms with Gasteiger partial charge in [0.05, 0.1) is 28.9 Å².